The molecule has 11 nitrogen and oxygen atoms in total. The molecule has 1 aliphatic heterocycles. The van der Waals surface area contributed by atoms with Crippen LogP contribution in [-0.4, -0.2) is 53.9 Å². The van der Waals surface area contributed by atoms with E-state index in [0.29, 0.717) is 31.8 Å². The van der Waals surface area contributed by atoms with Gasteiger partial charge in [0.2, 0.25) is 0 Å². The molecule has 4 aromatic rings. The number of rotatable bonds is 8. The van der Waals surface area contributed by atoms with Crippen LogP contribution >= 0.6 is 0 Å². The van der Waals surface area contributed by atoms with Crippen LogP contribution in [0.2, 0.25) is 0 Å². The van der Waals surface area contributed by atoms with E-state index in [2.05, 4.69) is 30.6 Å². The van der Waals surface area contributed by atoms with Crippen molar-refractivity contribution in [1.82, 2.24) is 19.9 Å². The van der Waals surface area contributed by atoms with E-state index >= 15 is 0 Å². The highest BCUT2D eigenvalue weighted by molar-refractivity contribution is 7.90. The standard InChI is InChI=1S/C25H23F2N7O4S/c1-39(35,36)19-5-3-2-4-15(19)29-16-12-21(32-24-22(16)33-25(34-24)23(26)27)31-20-7-6-18(17(13-28)30-20)38-14-8-10-37-11-9-14/h2-7,12,14,23H,8-11H2,1H3,(H3,29,30,31,32,33,34). The van der Waals surface area contributed by atoms with Gasteiger partial charge in [0.05, 0.1) is 29.5 Å². The lowest BCUT2D eigenvalue weighted by Crippen LogP contribution is -2.26. The average Bonchev–Trinajstić information content (AvgIpc) is 3.35. The summed E-state index contributed by atoms with van der Waals surface area (Å²) < 4.78 is 62.7. The van der Waals surface area contributed by atoms with E-state index in [4.69, 9.17) is 9.47 Å². The summed E-state index contributed by atoms with van der Waals surface area (Å²) in [5.41, 5.74) is 0.649. The van der Waals surface area contributed by atoms with E-state index in [-0.39, 0.29) is 50.9 Å². The van der Waals surface area contributed by atoms with E-state index in [1.165, 1.54) is 12.1 Å². The Labute approximate surface area is 222 Å². The topological polar surface area (TPSA) is 155 Å². The zero-order valence-corrected chi connectivity index (χ0v) is 21.4. The minimum absolute atomic E-state index is 0.0227. The summed E-state index contributed by atoms with van der Waals surface area (Å²) in [5.74, 6) is 0.191. The summed E-state index contributed by atoms with van der Waals surface area (Å²) in [4.78, 5) is 15.1. The van der Waals surface area contributed by atoms with Gasteiger partial charge >= 0.3 is 0 Å². The van der Waals surface area contributed by atoms with Crippen LogP contribution < -0.4 is 15.4 Å². The van der Waals surface area contributed by atoms with Gasteiger partial charge in [0.15, 0.2) is 32.8 Å². The largest absolute Gasteiger partial charge is 0.487 e. The van der Waals surface area contributed by atoms with Crippen LogP contribution in [-0.2, 0) is 14.6 Å². The first kappa shape index (κ1) is 26.3. The highest BCUT2D eigenvalue weighted by atomic mass is 32.2. The first-order chi connectivity index (χ1) is 18.7. The van der Waals surface area contributed by atoms with Crippen LogP contribution in [0.4, 0.5) is 31.8 Å². The van der Waals surface area contributed by atoms with Crippen LogP contribution in [0.5, 0.6) is 5.75 Å². The Balaban J connectivity index is 1.49. The lowest BCUT2D eigenvalue weighted by atomic mass is 10.1. The fourth-order valence-electron chi connectivity index (χ4n) is 4.11. The number of fused-ring (bicyclic) bond motifs is 1. The highest BCUT2D eigenvalue weighted by Crippen LogP contribution is 2.33. The first-order valence-electron chi connectivity index (χ1n) is 11.9. The summed E-state index contributed by atoms with van der Waals surface area (Å²) >= 11 is 0. The average molecular weight is 556 g/mol. The van der Waals surface area contributed by atoms with Gasteiger partial charge in [0, 0.05) is 25.2 Å². The maximum atomic E-state index is 13.4. The number of benzene rings is 1. The fraction of sp³-hybridized carbons (Fsp3) is 0.280. The molecular weight excluding hydrogens is 532 g/mol. The van der Waals surface area contributed by atoms with Gasteiger partial charge in [-0.2, -0.15) is 5.26 Å². The smallest absolute Gasteiger partial charge is 0.295 e. The van der Waals surface area contributed by atoms with Gasteiger partial charge in [-0.25, -0.2) is 32.2 Å². The molecule has 3 aromatic heterocycles. The summed E-state index contributed by atoms with van der Waals surface area (Å²) in [5, 5.41) is 15.6. The number of alkyl halides is 2. The van der Waals surface area contributed by atoms with Gasteiger partial charge in [-0.1, -0.05) is 12.1 Å². The lowest BCUT2D eigenvalue weighted by molar-refractivity contribution is 0.0253. The number of nitrogens with one attached hydrogen (secondary N) is 3. The number of pyridine rings is 2. The number of H-pyrrole nitrogens is 1. The molecule has 5 rings (SSSR count). The van der Waals surface area contributed by atoms with Crippen molar-refractivity contribution in [2.24, 2.45) is 0 Å². The predicted octanol–water partition coefficient (Wildman–Crippen LogP) is 4.61. The molecule has 14 heteroatoms. The summed E-state index contributed by atoms with van der Waals surface area (Å²) in [7, 11) is -3.60. The third-order valence-electron chi connectivity index (χ3n) is 5.92. The molecule has 39 heavy (non-hydrogen) atoms. The van der Waals surface area contributed by atoms with Crippen molar-refractivity contribution in [2.45, 2.75) is 30.3 Å². The molecule has 0 spiro atoms. The highest BCUT2D eigenvalue weighted by Gasteiger charge is 2.21. The number of anilines is 4. The monoisotopic (exact) mass is 555 g/mol. The number of nitrogens with zero attached hydrogens (tertiary/aromatic N) is 4. The second kappa shape index (κ2) is 10.8. The number of halogens is 2. The zero-order valence-electron chi connectivity index (χ0n) is 20.6. The molecule has 0 unspecified atom stereocenters. The second-order valence-electron chi connectivity index (χ2n) is 8.78. The molecule has 0 atom stereocenters. The number of ether oxygens (including phenoxy) is 2. The van der Waals surface area contributed by atoms with Crippen molar-refractivity contribution in [1.29, 1.82) is 5.26 Å². The number of imidazole rings is 1. The molecule has 0 saturated carbocycles. The second-order valence-corrected chi connectivity index (χ2v) is 10.8. The Hall–Kier alpha value is -4.35. The van der Waals surface area contributed by atoms with Crippen LogP contribution in [0, 0.1) is 11.3 Å². The van der Waals surface area contributed by atoms with Crippen molar-refractivity contribution < 1.29 is 26.7 Å². The Morgan fingerprint density at radius 1 is 1.08 bits per heavy atom. The van der Waals surface area contributed by atoms with Crippen molar-refractivity contribution in [3.8, 4) is 11.8 Å². The van der Waals surface area contributed by atoms with E-state index < -0.39 is 22.1 Å². The lowest BCUT2D eigenvalue weighted by Gasteiger charge is -2.23. The Morgan fingerprint density at radius 3 is 2.56 bits per heavy atom. The molecule has 3 N–H and O–H groups in total. The van der Waals surface area contributed by atoms with Crippen molar-refractivity contribution in [3.63, 3.8) is 0 Å². The van der Waals surface area contributed by atoms with E-state index in [0.717, 1.165) is 6.26 Å². The van der Waals surface area contributed by atoms with Gasteiger partial charge in [0.25, 0.3) is 6.43 Å². The molecule has 1 fully saturated rings. The number of nitriles is 1. The number of para-hydroxylation sites is 1. The number of aromatic amines is 1. The van der Waals surface area contributed by atoms with E-state index in [1.54, 1.807) is 30.3 Å². The minimum atomic E-state index is -3.60. The third-order valence-corrected chi connectivity index (χ3v) is 7.07. The Morgan fingerprint density at radius 2 is 1.85 bits per heavy atom. The number of sulfone groups is 1. The molecule has 0 amide bonds. The number of aromatic nitrogens is 4. The molecule has 1 aliphatic rings. The minimum Gasteiger partial charge on any atom is -0.487 e. The van der Waals surface area contributed by atoms with Crippen LogP contribution in [0.25, 0.3) is 11.2 Å². The summed E-state index contributed by atoms with van der Waals surface area (Å²) in [6.45, 7) is 1.17. The molecule has 202 valence electrons. The fourth-order valence-corrected chi connectivity index (χ4v) is 4.95. The molecule has 4 heterocycles. The van der Waals surface area contributed by atoms with Crippen molar-refractivity contribution in [3.05, 3.63) is 54.0 Å². The predicted molar refractivity (Wildman–Crippen MR) is 138 cm³/mol. The summed E-state index contributed by atoms with van der Waals surface area (Å²) in [6, 6.07) is 12.9. The van der Waals surface area contributed by atoms with Gasteiger partial charge in [-0.15, -0.1) is 0 Å². The van der Waals surface area contributed by atoms with Crippen molar-refractivity contribution >= 4 is 44.0 Å². The van der Waals surface area contributed by atoms with Crippen molar-refractivity contribution in [2.75, 3.05) is 30.1 Å². The molecular formula is C25H23F2N7O4S. The molecule has 0 bridgehead atoms. The van der Waals surface area contributed by atoms with Crippen LogP contribution in [0.15, 0.2) is 47.4 Å². The molecule has 1 aromatic carbocycles. The molecule has 0 aliphatic carbocycles. The zero-order chi connectivity index (χ0) is 27.6. The summed E-state index contributed by atoms with van der Waals surface area (Å²) in [6.07, 6.45) is -0.478. The SMILES string of the molecule is CS(=O)(=O)c1ccccc1Nc1cc(Nc2ccc(OC3CCOCC3)c(C#N)n2)nc2[nH]c(C(F)F)nc12. The number of hydrogen-bond acceptors (Lipinski definition) is 10. The Kier molecular flexibility index (Phi) is 7.27. The third kappa shape index (κ3) is 5.89. The molecule has 1 saturated heterocycles. The van der Waals surface area contributed by atoms with E-state index in [1.807, 2.05) is 6.07 Å². The van der Waals surface area contributed by atoms with Crippen LogP contribution in [0.3, 0.4) is 0 Å². The number of hydrogen-bond donors (Lipinski definition) is 3. The quantitative estimate of drug-likeness (QED) is 0.281. The normalized spacial score (nSPS) is 14.3. The maximum Gasteiger partial charge on any atom is 0.295 e. The van der Waals surface area contributed by atoms with Gasteiger partial charge < -0.3 is 25.1 Å². The van der Waals surface area contributed by atoms with Gasteiger partial charge in [-0.05, 0) is 24.3 Å². The van der Waals surface area contributed by atoms with E-state index in [9.17, 15) is 22.5 Å². The van der Waals surface area contributed by atoms with Crippen LogP contribution in [0.1, 0.15) is 30.8 Å². The maximum absolute atomic E-state index is 13.4. The molecule has 0 radical (unpaired) electrons. The van der Waals surface area contributed by atoms with Gasteiger partial charge in [-0.3, -0.25) is 0 Å². The Bertz CT molecular complexity index is 1660. The first-order valence-corrected chi connectivity index (χ1v) is 13.8. The van der Waals surface area contributed by atoms with Gasteiger partial charge in [0.1, 0.15) is 29.3 Å².